The first-order valence-corrected chi connectivity index (χ1v) is 8.14. The highest BCUT2D eigenvalue weighted by atomic mass is 32.1. The zero-order valence-corrected chi connectivity index (χ0v) is 13.9. The molecule has 3 rings (SSSR count). The lowest BCUT2D eigenvalue weighted by molar-refractivity contribution is -0.135. The van der Waals surface area contributed by atoms with E-state index in [2.05, 4.69) is 10.2 Å². The van der Waals surface area contributed by atoms with Gasteiger partial charge in [0.2, 0.25) is 5.91 Å². The monoisotopic (exact) mass is 332 g/mol. The van der Waals surface area contributed by atoms with E-state index in [0.717, 1.165) is 11.4 Å². The first-order valence-electron chi connectivity index (χ1n) is 7.73. The van der Waals surface area contributed by atoms with Crippen LogP contribution in [0.1, 0.15) is 12.0 Å². The van der Waals surface area contributed by atoms with Gasteiger partial charge in [-0.2, -0.15) is 5.10 Å². The Balaban J connectivity index is 1.73. The van der Waals surface area contributed by atoms with E-state index in [1.165, 1.54) is 5.56 Å². The van der Waals surface area contributed by atoms with Crippen molar-refractivity contribution in [2.45, 2.75) is 19.9 Å². The lowest BCUT2D eigenvalue weighted by atomic mass is 10.1. The Morgan fingerprint density at radius 1 is 1.30 bits per heavy atom. The number of amides is 1. The van der Waals surface area contributed by atoms with Gasteiger partial charge < -0.3 is 9.64 Å². The number of carbonyl (C=O) groups is 1. The predicted molar refractivity (Wildman–Crippen MR) is 89.6 cm³/mol. The van der Waals surface area contributed by atoms with Gasteiger partial charge in [0.25, 0.3) is 0 Å². The van der Waals surface area contributed by atoms with Crippen molar-refractivity contribution in [2.24, 2.45) is 0 Å². The Kier molecular flexibility index (Phi) is 4.88. The minimum Gasteiger partial charge on any atom is -0.378 e. The van der Waals surface area contributed by atoms with Crippen LogP contribution < -0.4 is 0 Å². The van der Waals surface area contributed by atoms with Crippen LogP contribution in [-0.4, -0.2) is 51.9 Å². The number of nitrogens with zero attached hydrogens (tertiary/aromatic N) is 3. The van der Waals surface area contributed by atoms with Crippen molar-refractivity contribution in [3.8, 4) is 11.4 Å². The molecule has 122 valence electrons. The summed E-state index contributed by atoms with van der Waals surface area (Å²) in [6.07, 6.45) is 0.409. The summed E-state index contributed by atoms with van der Waals surface area (Å²) < 4.78 is 7.70. The van der Waals surface area contributed by atoms with Gasteiger partial charge in [0.15, 0.2) is 10.6 Å². The molecule has 0 atom stereocenters. The van der Waals surface area contributed by atoms with Gasteiger partial charge in [-0.25, -0.2) is 0 Å². The molecule has 0 aliphatic carbocycles. The SMILES string of the molecule is Cc1ccc(-c2n[nH]c(=S)n2CCC(=O)N2CCOCC2)cc1. The number of carbonyl (C=O) groups excluding carboxylic acids is 1. The van der Waals surface area contributed by atoms with Crippen LogP contribution in [-0.2, 0) is 16.1 Å². The number of hydrogen-bond donors (Lipinski definition) is 1. The molecular formula is C16H20N4O2S. The molecule has 7 heteroatoms. The van der Waals surface area contributed by atoms with Gasteiger partial charge in [-0.1, -0.05) is 29.8 Å². The second kappa shape index (κ2) is 7.06. The van der Waals surface area contributed by atoms with Crippen LogP contribution in [0.3, 0.4) is 0 Å². The van der Waals surface area contributed by atoms with E-state index < -0.39 is 0 Å². The topological polar surface area (TPSA) is 63.2 Å². The summed E-state index contributed by atoms with van der Waals surface area (Å²) in [6.45, 7) is 5.13. The number of rotatable bonds is 4. The Morgan fingerprint density at radius 2 is 2.00 bits per heavy atom. The van der Waals surface area contributed by atoms with Crippen molar-refractivity contribution in [2.75, 3.05) is 26.3 Å². The van der Waals surface area contributed by atoms with Gasteiger partial charge in [0.1, 0.15) is 0 Å². The first kappa shape index (κ1) is 15.9. The molecule has 1 aliphatic heterocycles. The van der Waals surface area contributed by atoms with Gasteiger partial charge in [-0.05, 0) is 19.1 Å². The average Bonchev–Trinajstić information content (AvgIpc) is 2.95. The summed E-state index contributed by atoms with van der Waals surface area (Å²) in [4.78, 5) is 14.1. The third-order valence-corrected chi connectivity index (χ3v) is 4.29. The fourth-order valence-corrected chi connectivity index (χ4v) is 2.85. The fourth-order valence-electron chi connectivity index (χ4n) is 2.63. The second-order valence-electron chi connectivity index (χ2n) is 5.61. The van der Waals surface area contributed by atoms with E-state index in [1.54, 1.807) is 0 Å². The van der Waals surface area contributed by atoms with Crippen LogP contribution in [0.2, 0.25) is 0 Å². The molecule has 0 saturated carbocycles. The summed E-state index contributed by atoms with van der Waals surface area (Å²) in [6, 6.07) is 8.10. The highest BCUT2D eigenvalue weighted by Gasteiger charge is 2.17. The highest BCUT2D eigenvalue weighted by molar-refractivity contribution is 7.71. The molecule has 2 aromatic rings. The number of aromatic amines is 1. The smallest absolute Gasteiger partial charge is 0.224 e. The normalized spacial score (nSPS) is 14.9. The number of nitrogens with one attached hydrogen (secondary N) is 1. The molecule has 0 radical (unpaired) electrons. The van der Waals surface area contributed by atoms with Gasteiger partial charge in [0.05, 0.1) is 13.2 Å². The molecule has 0 spiro atoms. The van der Waals surface area contributed by atoms with Crippen LogP contribution in [0.15, 0.2) is 24.3 Å². The highest BCUT2D eigenvalue weighted by Crippen LogP contribution is 2.18. The summed E-state index contributed by atoms with van der Waals surface area (Å²) in [7, 11) is 0. The van der Waals surface area contributed by atoms with Gasteiger partial charge in [0, 0.05) is 31.6 Å². The van der Waals surface area contributed by atoms with Crippen molar-refractivity contribution >= 4 is 18.1 Å². The number of morpholine rings is 1. The van der Waals surface area contributed by atoms with E-state index in [-0.39, 0.29) is 5.91 Å². The molecule has 6 nitrogen and oxygen atoms in total. The van der Waals surface area contributed by atoms with Crippen molar-refractivity contribution in [1.29, 1.82) is 0 Å². The number of aromatic nitrogens is 3. The van der Waals surface area contributed by atoms with E-state index in [4.69, 9.17) is 17.0 Å². The third kappa shape index (κ3) is 3.68. The van der Waals surface area contributed by atoms with Crippen LogP contribution in [0, 0.1) is 11.7 Å². The van der Waals surface area contributed by atoms with Crippen molar-refractivity contribution in [3.05, 3.63) is 34.6 Å². The Bertz CT molecular complexity index is 729. The number of aryl methyl sites for hydroxylation is 1. The maximum absolute atomic E-state index is 12.3. The van der Waals surface area contributed by atoms with Crippen LogP contribution >= 0.6 is 12.2 Å². The van der Waals surface area contributed by atoms with E-state index >= 15 is 0 Å². The molecule has 1 aromatic carbocycles. The largest absolute Gasteiger partial charge is 0.378 e. The summed E-state index contributed by atoms with van der Waals surface area (Å²) in [5.41, 5.74) is 2.18. The van der Waals surface area contributed by atoms with Crippen molar-refractivity contribution in [1.82, 2.24) is 19.7 Å². The zero-order chi connectivity index (χ0) is 16.2. The molecule has 23 heavy (non-hydrogen) atoms. The molecule has 1 amide bonds. The number of ether oxygens (including phenoxy) is 1. The Hall–Kier alpha value is -1.99. The number of H-pyrrole nitrogens is 1. The molecule has 1 saturated heterocycles. The Labute approximate surface area is 140 Å². The lowest BCUT2D eigenvalue weighted by Crippen LogP contribution is -2.41. The van der Waals surface area contributed by atoms with Crippen LogP contribution in [0.25, 0.3) is 11.4 Å². The molecule has 1 aromatic heterocycles. The van der Waals surface area contributed by atoms with Crippen LogP contribution in [0.5, 0.6) is 0 Å². The van der Waals surface area contributed by atoms with Gasteiger partial charge >= 0.3 is 0 Å². The molecular weight excluding hydrogens is 312 g/mol. The lowest BCUT2D eigenvalue weighted by Gasteiger charge is -2.26. The maximum atomic E-state index is 12.3. The van der Waals surface area contributed by atoms with Gasteiger partial charge in [-0.3, -0.25) is 14.5 Å². The molecule has 0 bridgehead atoms. The average molecular weight is 332 g/mol. The summed E-state index contributed by atoms with van der Waals surface area (Å²) in [5, 5.41) is 7.13. The molecule has 2 heterocycles. The minimum atomic E-state index is 0.131. The Morgan fingerprint density at radius 3 is 2.70 bits per heavy atom. The van der Waals surface area contributed by atoms with E-state index in [0.29, 0.717) is 44.0 Å². The molecule has 0 unspecified atom stereocenters. The van der Waals surface area contributed by atoms with Crippen molar-refractivity contribution < 1.29 is 9.53 Å². The van der Waals surface area contributed by atoms with Crippen LogP contribution in [0.4, 0.5) is 0 Å². The summed E-state index contributed by atoms with van der Waals surface area (Å²) >= 11 is 5.31. The second-order valence-corrected chi connectivity index (χ2v) is 6.00. The van der Waals surface area contributed by atoms with Crippen molar-refractivity contribution in [3.63, 3.8) is 0 Å². The third-order valence-electron chi connectivity index (χ3n) is 3.98. The number of benzene rings is 1. The first-order chi connectivity index (χ1) is 11.1. The van der Waals surface area contributed by atoms with E-state index in [9.17, 15) is 4.79 Å². The van der Waals surface area contributed by atoms with E-state index in [1.807, 2.05) is 40.7 Å². The standard InChI is InChI=1S/C16H20N4O2S/c1-12-2-4-13(5-3-12)15-17-18-16(23)20(15)7-6-14(21)19-8-10-22-11-9-19/h2-5H,6-11H2,1H3,(H,18,23). The number of hydrogen-bond acceptors (Lipinski definition) is 4. The fraction of sp³-hybridized carbons (Fsp3) is 0.438. The van der Waals surface area contributed by atoms with Gasteiger partial charge in [-0.15, -0.1) is 0 Å². The zero-order valence-electron chi connectivity index (χ0n) is 13.1. The predicted octanol–water partition coefficient (Wildman–Crippen LogP) is 2.17. The molecule has 1 aliphatic rings. The quantitative estimate of drug-likeness (QED) is 0.872. The summed E-state index contributed by atoms with van der Waals surface area (Å²) in [5.74, 6) is 0.899. The maximum Gasteiger partial charge on any atom is 0.224 e. The molecule has 1 fully saturated rings. The minimum absolute atomic E-state index is 0.131. The molecule has 1 N–H and O–H groups in total.